The van der Waals surface area contributed by atoms with E-state index in [1.807, 2.05) is 0 Å². The number of aliphatic imine (C=N–C) groups is 1. The lowest BCUT2D eigenvalue weighted by atomic mass is 9.86. The third kappa shape index (κ3) is 7.39. The molecule has 14 heteroatoms. The minimum Gasteiger partial charge on any atom is -0.495 e. The fraction of sp³-hybridized carbons (Fsp3) is 0.286. The molecule has 49 heavy (non-hydrogen) atoms. The Kier molecular flexibility index (Phi) is 9.50. The number of hydrogen-bond acceptors (Lipinski definition) is 7. The number of ether oxygens (including phenoxy) is 1. The van der Waals surface area contributed by atoms with Crippen molar-refractivity contribution < 1.29 is 46.1 Å². The Balaban J connectivity index is 1.64. The van der Waals surface area contributed by atoms with Crippen LogP contribution in [-0.4, -0.2) is 47.0 Å². The number of pyridine rings is 1. The predicted molar refractivity (Wildman–Crippen MR) is 170 cm³/mol. The first kappa shape index (κ1) is 35.4. The van der Waals surface area contributed by atoms with E-state index in [2.05, 4.69) is 15.3 Å². The van der Waals surface area contributed by atoms with Gasteiger partial charge in [0.15, 0.2) is 5.82 Å². The summed E-state index contributed by atoms with van der Waals surface area (Å²) in [6.07, 6.45) is -1.88. The Morgan fingerprint density at radius 3 is 2.29 bits per heavy atom. The maximum atomic E-state index is 16.0. The van der Waals surface area contributed by atoms with Crippen LogP contribution in [0.2, 0.25) is 0 Å². The quantitative estimate of drug-likeness (QED) is 0.0887. The largest absolute Gasteiger partial charge is 0.495 e. The molecule has 0 unspecified atom stereocenters. The molecule has 1 aliphatic carbocycles. The zero-order valence-corrected chi connectivity index (χ0v) is 26.5. The second kappa shape index (κ2) is 13.2. The van der Waals surface area contributed by atoms with Gasteiger partial charge in [-0.3, -0.25) is 9.79 Å². The van der Waals surface area contributed by atoms with Crippen LogP contribution in [0.15, 0.2) is 65.7 Å². The van der Waals surface area contributed by atoms with Crippen molar-refractivity contribution in [2.24, 2.45) is 4.99 Å². The SMILES string of the molecule is COc1cc(C(=O)NC[C@@](O)(c2ccccc2)c2cc(C(C)(C)O)c(F)c(-c3cc(C(F)(F)F)c(F)cc3F)n2)cc(C=NC2CC2)c1N. The number of nitrogens with two attached hydrogens (primary N) is 1. The molecule has 1 amide bonds. The standard InChI is InChI=1S/C35H32F6N4O4/c1-33(2,47)24-14-28(45-31(29(24)38)22-13-23(35(39,40)41)26(37)15-25(22)36)34(48,20-7-5-4-6-8-20)17-44-32(46)18-11-19(16-43-21-9-10-21)30(42)27(12-18)49-3/h4-8,11-16,21,47-48H,9-10,17,42H2,1-3H3,(H,44,46)/t34-/m1/s1. The molecule has 1 heterocycles. The number of amides is 1. The van der Waals surface area contributed by atoms with Gasteiger partial charge in [-0.15, -0.1) is 0 Å². The summed E-state index contributed by atoms with van der Waals surface area (Å²) in [5, 5.41) is 25.7. The number of nitrogens with zero attached hydrogens (tertiary/aromatic N) is 2. The Hall–Kier alpha value is -4.95. The van der Waals surface area contributed by atoms with E-state index < -0.39 is 75.4 Å². The second-order valence-corrected chi connectivity index (χ2v) is 12.2. The first-order valence-corrected chi connectivity index (χ1v) is 15.0. The van der Waals surface area contributed by atoms with Crippen molar-refractivity contribution in [3.05, 3.63) is 112 Å². The first-order valence-electron chi connectivity index (χ1n) is 15.0. The van der Waals surface area contributed by atoms with E-state index in [-0.39, 0.29) is 40.7 Å². The molecule has 8 nitrogen and oxygen atoms in total. The van der Waals surface area contributed by atoms with E-state index in [4.69, 9.17) is 10.5 Å². The summed E-state index contributed by atoms with van der Waals surface area (Å²) in [6.45, 7) is 1.66. The number of methoxy groups -OCH3 is 1. The van der Waals surface area contributed by atoms with Gasteiger partial charge in [-0.05, 0) is 56.5 Å². The summed E-state index contributed by atoms with van der Waals surface area (Å²) in [5.41, 5.74) is -2.45. The third-order valence-electron chi connectivity index (χ3n) is 8.04. The lowest BCUT2D eigenvalue weighted by Gasteiger charge is -2.31. The number of carbonyl (C=O) groups excluding carboxylic acids is 1. The molecule has 1 atom stereocenters. The smallest absolute Gasteiger partial charge is 0.419 e. The molecule has 1 aliphatic rings. The average Bonchev–Trinajstić information content (AvgIpc) is 3.87. The van der Waals surface area contributed by atoms with Gasteiger partial charge >= 0.3 is 6.18 Å². The molecule has 0 bridgehead atoms. The molecule has 0 spiro atoms. The molecular weight excluding hydrogens is 654 g/mol. The van der Waals surface area contributed by atoms with E-state index in [1.54, 1.807) is 6.07 Å². The Morgan fingerprint density at radius 2 is 1.69 bits per heavy atom. The number of anilines is 1. The highest BCUT2D eigenvalue weighted by molar-refractivity contribution is 5.99. The molecule has 1 aromatic heterocycles. The van der Waals surface area contributed by atoms with E-state index >= 15 is 8.78 Å². The monoisotopic (exact) mass is 686 g/mol. The number of hydrogen-bond donors (Lipinski definition) is 4. The number of alkyl halides is 3. The molecule has 1 saturated carbocycles. The number of nitrogens with one attached hydrogen (secondary N) is 1. The van der Waals surface area contributed by atoms with Crippen LogP contribution in [0.1, 0.15) is 65.0 Å². The molecule has 0 radical (unpaired) electrons. The summed E-state index contributed by atoms with van der Waals surface area (Å²) in [5.74, 6) is -5.47. The molecule has 5 rings (SSSR count). The molecule has 0 saturated heterocycles. The van der Waals surface area contributed by atoms with E-state index in [0.717, 1.165) is 32.8 Å². The van der Waals surface area contributed by atoms with Gasteiger partial charge in [0.1, 0.15) is 28.7 Å². The molecule has 5 N–H and O–H groups in total. The van der Waals surface area contributed by atoms with Crippen LogP contribution in [0, 0.1) is 17.5 Å². The normalized spacial score (nSPS) is 14.9. The number of rotatable bonds is 10. The molecule has 1 fully saturated rings. The van der Waals surface area contributed by atoms with Gasteiger partial charge in [0, 0.05) is 34.5 Å². The Labute approximate surface area is 277 Å². The molecule has 258 valence electrons. The van der Waals surface area contributed by atoms with Gasteiger partial charge in [-0.2, -0.15) is 13.2 Å². The summed E-state index contributed by atoms with van der Waals surface area (Å²) in [7, 11) is 1.36. The van der Waals surface area contributed by atoms with Crippen LogP contribution in [0.25, 0.3) is 11.3 Å². The van der Waals surface area contributed by atoms with Gasteiger partial charge in [0.05, 0.1) is 42.2 Å². The van der Waals surface area contributed by atoms with Crippen LogP contribution < -0.4 is 15.8 Å². The van der Waals surface area contributed by atoms with Gasteiger partial charge in [-0.25, -0.2) is 18.2 Å². The molecule has 3 aromatic carbocycles. The minimum absolute atomic E-state index is 0.0517. The van der Waals surface area contributed by atoms with E-state index in [9.17, 15) is 32.6 Å². The summed E-state index contributed by atoms with van der Waals surface area (Å²) >= 11 is 0. The van der Waals surface area contributed by atoms with Crippen LogP contribution in [-0.2, 0) is 17.4 Å². The number of aliphatic hydroxyl groups is 2. The maximum Gasteiger partial charge on any atom is 0.419 e. The topological polar surface area (TPSA) is 130 Å². The second-order valence-electron chi connectivity index (χ2n) is 12.2. The Morgan fingerprint density at radius 1 is 1.02 bits per heavy atom. The zero-order chi connectivity index (χ0) is 35.9. The van der Waals surface area contributed by atoms with Gasteiger partial charge < -0.3 is 26.0 Å². The number of halogens is 6. The van der Waals surface area contributed by atoms with E-state index in [1.165, 1.54) is 49.7 Å². The fourth-order valence-corrected chi connectivity index (χ4v) is 5.14. The summed E-state index contributed by atoms with van der Waals surface area (Å²) < 4.78 is 91.4. The lowest BCUT2D eigenvalue weighted by molar-refractivity contribution is -0.140. The number of aromatic nitrogens is 1. The van der Waals surface area contributed by atoms with Gasteiger partial charge in [-0.1, -0.05) is 30.3 Å². The van der Waals surface area contributed by atoms with Gasteiger partial charge in [0.25, 0.3) is 5.91 Å². The molecule has 0 aliphatic heterocycles. The van der Waals surface area contributed by atoms with Crippen molar-refractivity contribution in [1.29, 1.82) is 0 Å². The van der Waals surface area contributed by atoms with Crippen molar-refractivity contribution in [2.75, 3.05) is 19.4 Å². The summed E-state index contributed by atoms with van der Waals surface area (Å²) in [4.78, 5) is 22.0. The van der Waals surface area contributed by atoms with E-state index in [0.29, 0.717) is 5.56 Å². The summed E-state index contributed by atoms with van der Waals surface area (Å²) in [6, 6.07) is 11.6. The number of benzene rings is 3. The maximum absolute atomic E-state index is 16.0. The first-order chi connectivity index (χ1) is 22.9. The van der Waals surface area contributed by atoms with Crippen LogP contribution in [0.5, 0.6) is 5.75 Å². The van der Waals surface area contributed by atoms with Crippen LogP contribution in [0.4, 0.5) is 32.0 Å². The highest BCUT2D eigenvalue weighted by Gasteiger charge is 2.39. The zero-order valence-electron chi connectivity index (χ0n) is 26.5. The highest BCUT2D eigenvalue weighted by Crippen LogP contribution is 2.40. The third-order valence-corrected chi connectivity index (χ3v) is 8.04. The number of nitrogen functional groups attached to an aromatic ring is 1. The van der Waals surface area contributed by atoms with Gasteiger partial charge in [0.2, 0.25) is 0 Å². The van der Waals surface area contributed by atoms with Crippen molar-refractivity contribution >= 4 is 17.8 Å². The fourth-order valence-electron chi connectivity index (χ4n) is 5.14. The predicted octanol–water partition coefficient (Wildman–Crippen LogP) is 6.25. The Bertz CT molecular complexity index is 1920. The van der Waals surface area contributed by atoms with Crippen LogP contribution >= 0.6 is 0 Å². The molecular formula is C35H32F6N4O4. The van der Waals surface area contributed by atoms with Crippen molar-refractivity contribution in [2.45, 2.75) is 50.1 Å². The lowest BCUT2D eigenvalue weighted by Crippen LogP contribution is -2.42. The van der Waals surface area contributed by atoms with Crippen molar-refractivity contribution in [1.82, 2.24) is 10.3 Å². The van der Waals surface area contributed by atoms with Crippen molar-refractivity contribution in [3.63, 3.8) is 0 Å². The molecule has 4 aromatic rings. The van der Waals surface area contributed by atoms with Crippen molar-refractivity contribution in [3.8, 4) is 17.0 Å². The number of carbonyl (C=O) groups is 1. The average molecular weight is 687 g/mol. The highest BCUT2D eigenvalue weighted by atomic mass is 19.4. The minimum atomic E-state index is -5.27. The van der Waals surface area contributed by atoms with Crippen LogP contribution in [0.3, 0.4) is 0 Å².